The van der Waals surface area contributed by atoms with Crippen LogP contribution in [0, 0.1) is 17.8 Å². The monoisotopic (exact) mass is 765 g/mol. The maximum Gasteiger partial charge on any atom is 0.407 e. The molecule has 7 rings (SSSR count). The number of nitrogens with zero attached hydrogens (tertiary/aromatic N) is 2. The Kier molecular flexibility index (Phi) is 10.8. The number of sulfonamides is 1. The van der Waals surface area contributed by atoms with Crippen LogP contribution in [0.4, 0.5) is 4.79 Å². The Morgan fingerprint density at radius 3 is 2.59 bits per heavy atom. The van der Waals surface area contributed by atoms with Crippen LogP contribution in [0.25, 0.3) is 10.8 Å². The molecule has 1 aromatic heterocycles. The van der Waals surface area contributed by atoms with Crippen molar-refractivity contribution in [3.63, 3.8) is 0 Å². The predicted octanol–water partition coefficient (Wildman–Crippen LogP) is 3.91. The van der Waals surface area contributed by atoms with Gasteiger partial charge in [-0.3, -0.25) is 19.1 Å². The lowest BCUT2D eigenvalue weighted by atomic mass is 9.83. The highest BCUT2D eigenvalue weighted by Crippen LogP contribution is 2.46. The van der Waals surface area contributed by atoms with Crippen LogP contribution in [0.15, 0.2) is 37.1 Å². The fourth-order valence-electron chi connectivity index (χ4n) is 8.39. The molecule has 292 valence electrons. The molecule has 4 amide bonds. The van der Waals surface area contributed by atoms with E-state index in [2.05, 4.69) is 26.9 Å². The summed E-state index contributed by atoms with van der Waals surface area (Å²) in [6, 6.07) is 3.78. The number of pyridine rings is 1. The second-order valence-corrected chi connectivity index (χ2v) is 17.7. The molecule has 0 spiro atoms. The number of hydrogen-bond donors (Lipinski definition) is 3. The molecule has 2 aliphatic heterocycles. The van der Waals surface area contributed by atoms with Crippen LogP contribution >= 0.6 is 0 Å². The molecule has 1 unspecified atom stereocenters. The highest BCUT2D eigenvalue weighted by Gasteiger charge is 2.62. The predicted molar refractivity (Wildman–Crippen MR) is 199 cm³/mol. The van der Waals surface area contributed by atoms with Crippen molar-refractivity contribution in [1.29, 1.82) is 0 Å². The number of methoxy groups -OCH3 is 1. The number of carbonyl (C=O) groups is 4. The number of benzene rings is 1. The average molecular weight is 766 g/mol. The lowest BCUT2D eigenvalue weighted by Crippen LogP contribution is -2.59. The number of aromatic nitrogens is 1. The lowest BCUT2D eigenvalue weighted by Gasteiger charge is -2.34. The third kappa shape index (κ3) is 7.87. The first-order valence-electron chi connectivity index (χ1n) is 19.3. The molecule has 3 saturated carbocycles. The van der Waals surface area contributed by atoms with E-state index >= 15 is 0 Å². The van der Waals surface area contributed by atoms with E-state index in [0.29, 0.717) is 25.1 Å². The molecule has 1 saturated heterocycles. The van der Waals surface area contributed by atoms with Gasteiger partial charge in [-0.1, -0.05) is 32.3 Å². The van der Waals surface area contributed by atoms with Gasteiger partial charge in [0.1, 0.15) is 29.5 Å². The van der Waals surface area contributed by atoms with Crippen LogP contribution in [-0.2, 0) is 35.6 Å². The first-order valence-corrected chi connectivity index (χ1v) is 20.8. The van der Waals surface area contributed by atoms with E-state index in [4.69, 9.17) is 14.2 Å². The third-order valence-corrected chi connectivity index (χ3v) is 13.6. The summed E-state index contributed by atoms with van der Waals surface area (Å²) in [4.78, 5) is 62.0. The first-order chi connectivity index (χ1) is 25.9. The third-order valence-electron chi connectivity index (χ3n) is 11.8. The van der Waals surface area contributed by atoms with Crippen molar-refractivity contribution in [1.82, 2.24) is 25.2 Å². The average Bonchev–Trinajstić information content (AvgIpc) is 4.09. The van der Waals surface area contributed by atoms with Crippen molar-refractivity contribution < 1.29 is 41.8 Å². The van der Waals surface area contributed by atoms with Crippen molar-refractivity contribution in [2.45, 2.75) is 113 Å². The zero-order valence-corrected chi connectivity index (χ0v) is 31.8. The molecular weight excluding hydrogens is 715 g/mol. The molecule has 6 atom stereocenters. The number of amides is 4. The summed E-state index contributed by atoms with van der Waals surface area (Å²) >= 11 is 0. The van der Waals surface area contributed by atoms with Crippen molar-refractivity contribution in [3.8, 4) is 11.6 Å². The molecule has 54 heavy (non-hydrogen) atoms. The molecule has 5 aliphatic rings. The molecule has 1 aromatic carbocycles. The topological polar surface area (TPSA) is 182 Å². The van der Waals surface area contributed by atoms with E-state index < -0.39 is 68.7 Å². The summed E-state index contributed by atoms with van der Waals surface area (Å²) < 4.78 is 45.6. The quantitative estimate of drug-likeness (QED) is 0.334. The Balaban J connectivity index is 1.23. The van der Waals surface area contributed by atoms with Gasteiger partial charge in [0.25, 0.3) is 5.91 Å². The molecule has 15 heteroatoms. The van der Waals surface area contributed by atoms with Crippen LogP contribution in [-0.4, -0.2) is 91.4 Å². The Morgan fingerprint density at radius 2 is 1.89 bits per heavy atom. The minimum Gasteiger partial charge on any atom is -0.496 e. The summed E-state index contributed by atoms with van der Waals surface area (Å²) in [7, 11) is -2.26. The Bertz CT molecular complexity index is 1910. The van der Waals surface area contributed by atoms with E-state index in [9.17, 15) is 27.6 Å². The lowest BCUT2D eigenvalue weighted by molar-refractivity contribution is -0.142. The number of rotatable bonds is 8. The fraction of sp³-hybridized carbons (Fsp3) is 0.615. The molecule has 3 N–H and O–H groups in total. The molecule has 3 heterocycles. The summed E-state index contributed by atoms with van der Waals surface area (Å²) in [5, 5.41) is 6.71. The van der Waals surface area contributed by atoms with E-state index in [1.807, 2.05) is 25.1 Å². The fourth-order valence-corrected chi connectivity index (χ4v) is 9.75. The molecule has 2 aromatic rings. The van der Waals surface area contributed by atoms with Gasteiger partial charge in [-0.2, -0.15) is 0 Å². The van der Waals surface area contributed by atoms with Crippen molar-refractivity contribution in [3.05, 3.63) is 42.6 Å². The van der Waals surface area contributed by atoms with Crippen molar-refractivity contribution in [2.75, 3.05) is 20.3 Å². The largest absolute Gasteiger partial charge is 0.496 e. The number of fused-ring (bicyclic) bond motifs is 3. The SMILES string of the molecule is C=C[C@@H]1C[C@]1(NC(=O)[C@@H]1C[C@@H]2CN1C(=O)[C@H](C1CCCCC1)NC(=O)OCC(C)CCCc1cc3c(nccc3cc1OC)O2)C(=O)NS(=O)(=O)C1CC1. The second kappa shape index (κ2) is 15.4. The Morgan fingerprint density at radius 1 is 1.11 bits per heavy atom. The normalized spacial score (nSPS) is 29.6. The first kappa shape index (κ1) is 37.9. The van der Waals surface area contributed by atoms with Gasteiger partial charge in [-0.25, -0.2) is 18.2 Å². The second-order valence-electron chi connectivity index (χ2n) is 15.8. The highest BCUT2D eigenvalue weighted by atomic mass is 32.2. The van der Waals surface area contributed by atoms with E-state index in [-0.39, 0.29) is 37.8 Å². The van der Waals surface area contributed by atoms with Crippen LogP contribution in [0.5, 0.6) is 11.6 Å². The molecule has 4 bridgehead atoms. The maximum atomic E-state index is 14.7. The zero-order valence-electron chi connectivity index (χ0n) is 31.0. The number of ether oxygens (including phenoxy) is 3. The maximum absolute atomic E-state index is 14.7. The molecular formula is C39H51N5O9S. The minimum absolute atomic E-state index is 0.00905. The van der Waals surface area contributed by atoms with Gasteiger partial charge in [0.2, 0.25) is 27.7 Å². The van der Waals surface area contributed by atoms with Gasteiger partial charge >= 0.3 is 6.09 Å². The van der Waals surface area contributed by atoms with Crippen LogP contribution in [0.1, 0.15) is 83.1 Å². The number of nitrogens with one attached hydrogen (secondary N) is 3. The van der Waals surface area contributed by atoms with Crippen LogP contribution in [0.2, 0.25) is 0 Å². The smallest absolute Gasteiger partial charge is 0.407 e. The van der Waals surface area contributed by atoms with E-state index in [1.165, 1.54) is 11.0 Å². The number of carbonyl (C=O) groups excluding carboxylic acids is 4. The Labute approximate surface area is 316 Å². The molecule has 3 aliphatic carbocycles. The number of aryl methyl sites for hydroxylation is 1. The van der Waals surface area contributed by atoms with Gasteiger partial charge in [-0.05, 0) is 92.4 Å². The minimum atomic E-state index is -3.89. The Hall–Kier alpha value is -4.40. The summed E-state index contributed by atoms with van der Waals surface area (Å²) in [5.74, 6) is -1.41. The van der Waals surface area contributed by atoms with Gasteiger partial charge in [0, 0.05) is 23.9 Å². The van der Waals surface area contributed by atoms with Gasteiger partial charge < -0.3 is 29.7 Å². The number of cyclic esters (lactones) is 1. The van der Waals surface area contributed by atoms with E-state index in [1.54, 1.807) is 13.3 Å². The highest BCUT2D eigenvalue weighted by molar-refractivity contribution is 7.91. The summed E-state index contributed by atoms with van der Waals surface area (Å²) in [6.07, 6.45) is 9.57. The van der Waals surface area contributed by atoms with Crippen LogP contribution in [0.3, 0.4) is 0 Å². The van der Waals surface area contributed by atoms with Crippen molar-refractivity contribution >= 4 is 44.6 Å². The standard InChI is InChI=1S/C39H51N5O9S/c1-4-27-20-39(27,37(47)43-54(49,50)29-13-14-29)42-34(45)31-19-28-21-44(31)36(46)33(24-10-6-5-7-11-24)41-38(48)52-22-23(2)9-8-12-26-17-30-25(18-32(26)51-3)15-16-40-35(30)53-28/h4,15-18,23-24,27-29,31,33H,1,5-14,19-22H2,2-3H3,(H,41,48)(H,42,45)(H,43,47)/t23?,27-,28-,31+,33+,39-/m1/s1. The molecule has 0 radical (unpaired) electrons. The van der Waals surface area contributed by atoms with E-state index in [0.717, 1.165) is 67.0 Å². The molecule has 14 nitrogen and oxygen atoms in total. The number of hydrogen-bond acceptors (Lipinski definition) is 10. The van der Waals surface area contributed by atoms with Gasteiger partial charge in [-0.15, -0.1) is 6.58 Å². The number of alkyl carbamates (subject to hydrolysis) is 1. The van der Waals surface area contributed by atoms with Crippen LogP contribution < -0.4 is 24.8 Å². The summed E-state index contributed by atoms with van der Waals surface area (Å²) in [6.45, 7) is 6.00. The van der Waals surface area contributed by atoms with Gasteiger partial charge in [0.05, 0.1) is 25.5 Å². The summed E-state index contributed by atoms with van der Waals surface area (Å²) in [5.41, 5.74) is -0.561. The molecule has 4 fully saturated rings. The van der Waals surface area contributed by atoms with Crippen molar-refractivity contribution in [2.24, 2.45) is 17.8 Å². The zero-order chi connectivity index (χ0) is 38.2. The van der Waals surface area contributed by atoms with Gasteiger partial charge in [0.15, 0.2) is 0 Å².